The number of benzene rings is 1. The minimum atomic E-state index is -2.68. The zero-order chi connectivity index (χ0) is 10.6. The molecule has 0 bridgehead atoms. The van der Waals surface area contributed by atoms with Crippen molar-refractivity contribution in [1.82, 2.24) is 0 Å². The predicted molar refractivity (Wildman–Crippen MR) is 51.6 cm³/mol. The topological polar surface area (TPSA) is 35.2 Å². The lowest BCUT2D eigenvalue weighted by Gasteiger charge is -2.11. The van der Waals surface area contributed by atoms with E-state index in [2.05, 4.69) is 0 Å². The Morgan fingerprint density at radius 2 is 2.14 bits per heavy atom. The summed E-state index contributed by atoms with van der Waals surface area (Å²) in [5, 5.41) is 0. The summed E-state index contributed by atoms with van der Waals surface area (Å²) in [4.78, 5) is 0. The lowest BCUT2D eigenvalue weighted by Crippen LogP contribution is -2.14. The second-order valence-electron chi connectivity index (χ2n) is 3.24. The molecule has 0 radical (unpaired) electrons. The average Bonchev–Trinajstić information content (AvgIpc) is 2.01. The molecule has 0 saturated heterocycles. The van der Waals surface area contributed by atoms with Crippen molar-refractivity contribution in [2.24, 2.45) is 0 Å². The fourth-order valence-electron chi connectivity index (χ4n) is 0.952. The summed E-state index contributed by atoms with van der Waals surface area (Å²) in [5.41, 5.74) is 6.05. The Hall–Kier alpha value is -1.32. The molecule has 0 spiro atoms. The largest absolute Gasteiger partial charge is 0.493 e. The summed E-state index contributed by atoms with van der Waals surface area (Å²) < 4.78 is 29.9. The van der Waals surface area contributed by atoms with Crippen molar-refractivity contribution in [1.29, 1.82) is 0 Å². The number of hydrogen-bond acceptors (Lipinski definition) is 2. The quantitative estimate of drug-likeness (QED) is 0.760. The molecule has 0 amide bonds. The van der Waals surface area contributed by atoms with Crippen LogP contribution in [0.25, 0.3) is 0 Å². The lowest BCUT2D eigenvalue weighted by molar-refractivity contribution is 0.000875. The van der Waals surface area contributed by atoms with Gasteiger partial charge in [0.2, 0.25) is 5.92 Å². The van der Waals surface area contributed by atoms with E-state index in [-0.39, 0.29) is 13.0 Å². The first-order valence-corrected chi connectivity index (χ1v) is 4.33. The molecule has 0 unspecified atom stereocenters. The Labute approximate surface area is 81.7 Å². The maximum Gasteiger partial charge on any atom is 0.248 e. The first kappa shape index (κ1) is 10.8. The van der Waals surface area contributed by atoms with Crippen LogP contribution in [0.2, 0.25) is 0 Å². The second kappa shape index (κ2) is 4.26. The third kappa shape index (κ3) is 4.07. The standard InChI is InChI=1S/C10H13F2NO/c1-10(11,12)5-6-14-9-4-2-3-8(13)7-9/h2-4,7H,5-6,13H2,1H3. The number of nitrogen functional groups attached to an aromatic ring is 1. The molecule has 0 fully saturated rings. The van der Waals surface area contributed by atoms with Crippen molar-refractivity contribution in [2.75, 3.05) is 12.3 Å². The van der Waals surface area contributed by atoms with E-state index in [1.807, 2.05) is 0 Å². The van der Waals surface area contributed by atoms with E-state index in [9.17, 15) is 8.78 Å². The van der Waals surface area contributed by atoms with E-state index >= 15 is 0 Å². The molecule has 4 heteroatoms. The van der Waals surface area contributed by atoms with Gasteiger partial charge in [0, 0.05) is 18.2 Å². The summed E-state index contributed by atoms with van der Waals surface area (Å²) >= 11 is 0. The first-order chi connectivity index (χ1) is 6.47. The van der Waals surface area contributed by atoms with E-state index in [1.165, 1.54) is 0 Å². The highest BCUT2D eigenvalue weighted by Crippen LogP contribution is 2.19. The fraction of sp³-hybridized carbons (Fsp3) is 0.400. The van der Waals surface area contributed by atoms with Crippen molar-refractivity contribution in [3.63, 3.8) is 0 Å². The van der Waals surface area contributed by atoms with Crippen LogP contribution in [0.15, 0.2) is 24.3 Å². The van der Waals surface area contributed by atoms with Crippen molar-refractivity contribution >= 4 is 5.69 Å². The number of nitrogens with two attached hydrogens (primary N) is 1. The molecular formula is C10H13F2NO. The molecule has 0 heterocycles. The first-order valence-electron chi connectivity index (χ1n) is 4.33. The molecule has 78 valence electrons. The minimum Gasteiger partial charge on any atom is -0.493 e. The van der Waals surface area contributed by atoms with Crippen molar-refractivity contribution in [3.05, 3.63) is 24.3 Å². The molecule has 1 rings (SSSR count). The van der Waals surface area contributed by atoms with E-state index in [0.717, 1.165) is 6.92 Å². The summed E-state index contributed by atoms with van der Waals surface area (Å²) in [6.07, 6.45) is -0.290. The molecule has 0 aromatic heterocycles. The fourth-order valence-corrected chi connectivity index (χ4v) is 0.952. The molecule has 0 atom stereocenters. The van der Waals surface area contributed by atoms with Gasteiger partial charge in [0.05, 0.1) is 6.61 Å². The Kier molecular flexibility index (Phi) is 3.28. The Bertz CT molecular complexity index is 296. The Balaban J connectivity index is 2.39. The molecular weight excluding hydrogens is 188 g/mol. The van der Waals surface area contributed by atoms with E-state index < -0.39 is 5.92 Å². The second-order valence-corrected chi connectivity index (χ2v) is 3.24. The van der Waals surface area contributed by atoms with Crippen LogP contribution in [0.3, 0.4) is 0 Å². The Morgan fingerprint density at radius 1 is 1.43 bits per heavy atom. The highest BCUT2D eigenvalue weighted by molar-refractivity contribution is 5.43. The van der Waals surface area contributed by atoms with Crippen LogP contribution in [0.5, 0.6) is 5.75 Å². The average molecular weight is 201 g/mol. The van der Waals surface area contributed by atoms with Gasteiger partial charge in [0.25, 0.3) is 0 Å². The normalized spacial score (nSPS) is 11.4. The minimum absolute atomic E-state index is 0.00699. The van der Waals surface area contributed by atoms with Crippen LogP contribution in [-0.4, -0.2) is 12.5 Å². The highest BCUT2D eigenvalue weighted by atomic mass is 19.3. The number of hydrogen-bond donors (Lipinski definition) is 1. The number of anilines is 1. The summed E-state index contributed by atoms with van der Waals surface area (Å²) in [6, 6.07) is 6.72. The van der Waals surface area contributed by atoms with Gasteiger partial charge in [-0.05, 0) is 19.1 Å². The van der Waals surface area contributed by atoms with E-state index in [1.54, 1.807) is 24.3 Å². The van der Waals surface area contributed by atoms with Gasteiger partial charge < -0.3 is 10.5 Å². The SMILES string of the molecule is CC(F)(F)CCOc1cccc(N)c1. The third-order valence-electron chi connectivity index (χ3n) is 1.67. The summed E-state index contributed by atoms with van der Waals surface area (Å²) in [6.45, 7) is 0.864. The van der Waals surface area contributed by atoms with Crippen molar-refractivity contribution in [2.45, 2.75) is 19.3 Å². The molecule has 1 aromatic carbocycles. The number of halogens is 2. The van der Waals surface area contributed by atoms with E-state index in [0.29, 0.717) is 11.4 Å². The molecule has 14 heavy (non-hydrogen) atoms. The summed E-state index contributed by atoms with van der Waals surface area (Å²) in [5.74, 6) is -2.16. The number of ether oxygens (including phenoxy) is 1. The van der Waals surface area contributed by atoms with Crippen LogP contribution < -0.4 is 10.5 Å². The molecule has 1 aromatic rings. The number of rotatable bonds is 4. The van der Waals surface area contributed by atoms with Crippen LogP contribution >= 0.6 is 0 Å². The summed E-state index contributed by atoms with van der Waals surface area (Å²) in [7, 11) is 0. The zero-order valence-electron chi connectivity index (χ0n) is 7.97. The van der Waals surface area contributed by atoms with E-state index in [4.69, 9.17) is 10.5 Å². The maximum atomic E-state index is 12.4. The molecule has 0 aliphatic heterocycles. The van der Waals surface area contributed by atoms with Gasteiger partial charge in [0.1, 0.15) is 5.75 Å². The van der Waals surface area contributed by atoms with Gasteiger partial charge in [0.15, 0.2) is 0 Å². The zero-order valence-corrected chi connectivity index (χ0v) is 7.97. The van der Waals surface area contributed by atoms with Crippen LogP contribution in [-0.2, 0) is 0 Å². The Morgan fingerprint density at radius 3 is 2.71 bits per heavy atom. The van der Waals surface area contributed by atoms with Crippen LogP contribution in [0, 0.1) is 0 Å². The van der Waals surface area contributed by atoms with Crippen molar-refractivity contribution in [3.8, 4) is 5.75 Å². The van der Waals surface area contributed by atoms with Gasteiger partial charge in [-0.15, -0.1) is 0 Å². The molecule has 0 aliphatic rings. The highest BCUT2D eigenvalue weighted by Gasteiger charge is 2.20. The van der Waals surface area contributed by atoms with Crippen molar-refractivity contribution < 1.29 is 13.5 Å². The van der Waals surface area contributed by atoms with Gasteiger partial charge in [-0.25, -0.2) is 8.78 Å². The molecule has 0 aliphatic carbocycles. The number of alkyl halides is 2. The maximum absolute atomic E-state index is 12.4. The molecule has 2 nitrogen and oxygen atoms in total. The molecule has 0 saturated carbocycles. The van der Waals surface area contributed by atoms with Crippen LogP contribution in [0.1, 0.15) is 13.3 Å². The van der Waals surface area contributed by atoms with Gasteiger partial charge in [-0.2, -0.15) is 0 Å². The lowest BCUT2D eigenvalue weighted by atomic mass is 10.3. The molecule has 2 N–H and O–H groups in total. The predicted octanol–water partition coefficient (Wildman–Crippen LogP) is 2.69. The smallest absolute Gasteiger partial charge is 0.248 e. The van der Waals surface area contributed by atoms with Crippen LogP contribution in [0.4, 0.5) is 14.5 Å². The van der Waals surface area contributed by atoms with Gasteiger partial charge in [-0.1, -0.05) is 6.07 Å². The third-order valence-corrected chi connectivity index (χ3v) is 1.67. The van der Waals surface area contributed by atoms with Gasteiger partial charge in [-0.3, -0.25) is 0 Å². The van der Waals surface area contributed by atoms with Gasteiger partial charge >= 0.3 is 0 Å². The monoisotopic (exact) mass is 201 g/mol.